The van der Waals surface area contributed by atoms with Crippen molar-refractivity contribution in [3.8, 4) is 0 Å². The zero-order chi connectivity index (χ0) is 9.40. The molecule has 0 atom stereocenters. The quantitative estimate of drug-likeness (QED) is 0.732. The molecule has 0 aliphatic carbocycles. The highest BCUT2D eigenvalue weighted by atomic mass is 16.3. The number of aromatic nitrogens is 1. The fourth-order valence-corrected chi connectivity index (χ4v) is 0.835. The van der Waals surface area contributed by atoms with Crippen LogP contribution < -0.4 is 0 Å². The van der Waals surface area contributed by atoms with Crippen molar-refractivity contribution in [3.63, 3.8) is 0 Å². The van der Waals surface area contributed by atoms with Gasteiger partial charge in [0, 0.05) is 6.20 Å². The lowest BCUT2D eigenvalue weighted by atomic mass is 10.2. The highest BCUT2D eigenvalue weighted by Gasteiger charge is 1.91. The molecule has 0 spiro atoms. The number of aryl methyl sites for hydroxylation is 1. The highest BCUT2D eigenvalue weighted by molar-refractivity contribution is 5.15. The van der Waals surface area contributed by atoms with Gasteiger partial charge in [0.25, 0.3) is 0 Å². The van der Waals surface area contributed by atoms with Crippen LogP contribution in [0, 0.1) is 0 Å². The summed E-state index contributed by atoms with van der Waals surface area (Å²) in [6.45, 7) is 6.12. The van der Waals surface area contributed by atoms with E-state index < -0.39 is 0 Å². The van der Waals surface area contributed by atoms with E-state index >= 15 is 0 Å². The average Bonchev–Trinajstić information content (AvgIpc) is 2.21. The van der Waals surface area contributed by atoms with Gasteiger partial charge in [-0.1, -0.05) is 20.8 Å². The van der Waals surface area contributed by atoms with Crippen LogP contribution in [0.1, 0.15) is 32.0 Å². The Balaban J connectivity index is 0.000000561. The van der Waals surface area contributed by atoms with Crippen molar-refractivity contribution in [1.82, 2.24) is 4.98 Å². The monoisotopic (exact) mass is 167 g/mol. The third-order valence-corrected chi connectivity index (χ3v) is 1.45. The number of nitrogens with zero attached hydrogens (tertiary/aromatic N) is 1. The minimum absolute atomic E-state index is 0.0356. The molecule has 68 valence electrons. The second-order valence-electron chi connectivity index (χ2n) is 2.17. The molecule has 0 aromatic carbocycles. The molecule has 2 nitrogen and oxygen atoms in total. The molecular formula is C10H17NO. The Morgan fingerprint density at radius 3 is 2.58 bits per heavy atom. The van der Waals surface area contributed by atoms with Crippen molar-refractivity contribution >= 4 is 0 Å². The third-order valence-electron chi connectivity index (χ3n) is 1.45. The van der Waals surface area contributed by atoms with Gasteiger partial charge in [-0.15, -0.1) is 0 Å². The lowest BCUT2D eigenvalue weighted by Gasteiger charge is -1.97. The predicted molar refractivity (Wildman–Crippen MR) is 50.9 cm³/mol. The SMILES string of the molecule is CC.CCc1ccnc(CO)c1. The molecule has 0 fully saturated rings. The molecule has 2 heteroatoms. The molecule has 1 aromatic heterocycles. The molecule has 0 aliphatic rings. The Morgan fingerprint density at radius 2 is 2.08 bits per heavy atom. The molecular weight excluding hydrogens is 150 g/mol. The van der Waals surface area contributed by atoms with Crippen LogP contribution in [0.15, 0.2) is 18.3 Å². The number of rotatable bonds is 2. The summed E-state index contributed by atoms with van der Waals surface area (Å²) in [5.74, 6) is 0. The summed E-state index contributed by atoms with van der Waals surface area (Å²) in [6, 6.07) is 3.87. The minimum Gasteiger partial charge on any atom is -0.390 e. The molecule has 0 bridgehead atoms. The smallest absolute Gasteiger partial charge is 0.0853 e. The van der Waals surface area contributed by atoms with Crippen molar-refractivity contribution in [2.45, 2.75) is 33.8 Å². The maximum Gasteiger partial charge on any atom is 0.0853 e. The van der Waals surface area contributed by atoms with E-state index in [0.29, 0.717) is 0 Å². The molecule has 0 saturated heterocycles. The van der Waals surface area contributed by atoms with Gasteiger partial charge in [-0.05, 0) is 24.1 Å². The molecule has 0 radical (unpaired) electrons. The molecule has 12 heavy (non-hydrogen) atoms. The number of aliphatic hydroxyl groups is 1. The normalized spacial score (nSPS) is 8.67. The molecule has 1 N–H and O–H groups in total. The fraction of sp³-hybridized carbons (Fsp3) is 0.500. The molecule has 1 rings (SSSR count). The summed E-state index contributed by atoms with van der Waals surface area (Å²) in [5, 5.41) is 8.70. The lowest BCUT2D eigenvalue weighted by molar-refractivity contribution is 0.276. The first-order chi connectivity index (χ1) is 5.86. The number of hydrogen-bond acceptors (Lipinski definition) is 2. The van der Waals surface area contributed by atoms with Gasteiger partial charge in [0.2, 0.25) is 0 Å². The summed E-state index contributed by atoms with van der Waals surface area (Å²) in [6.07, 6.45) is 2.72. The van der Waals surface area contributed by atoms with Gasteiger partial charge in [0.05, 0.1) is 12.3 Å². The second-order valence-corrected chi connectivity index (χ2v) is 2.17. The van der Waals surface area contributed by atoms with E-state index in [0.717, 1.165) is 12.1 Å². The van der Waals surface area contributed by atoms with Crippen LogP contribution in [0.3, 0.4) is 0 Å². The van der Waals surface area contributed by atoms with Crippen molar-refractivity contribution in [1.29, 1.82) is 0 Å². The summed E-state index contributed by atoms with van der Waals surface area (Å²) in [5.41, 5.74) is 1.97. The first-order valence-corrected chi connectivity index (χ1v) is 4.41. The Bertz CT molecular complexity index is 191. The van der Waals surface area contributed by atoms with Crippen molar-refractivity contribution in [3.05, 3.63) is 29.6 Å². The number of aliphatic hydroxyl groups excluding tert-OH is 1. The van der Waals surface area contributed by atoms with E-state index in [2.05, 4.69) is 11.9 Å². The van der Waals surface area contributed by atoms with Crippen LogP contribution >= 0.6 is 0 Å². The van der Waals surface area contributed by atoms with Gasteiger partial charge in [-0.2, -0.15) is 0 Å². The van der Waals surface area contributed by atoms with Gasteiger partial charge in [0.15, 0.2) is 0 Å². The maximum absolute atomic E-state index is 8.70. The molecule has 1 aromatic rings. The predicted octanol–water partition coefficient (Wildman–Crippen LogP) is 2.16. The second kappa shape index (κ2) is 6.80. The third kappa shape index (κ3) is 3.49. The Labute approximate surface area is 74.3 Å². The van der Waals surface area contributed by atoms with Crippen molar-refractivity contribution in [2.24, 2.45) is 0 Å². The summed E-state index contributed by atoms with van der Waals surface area (Å²) >= 11 is 0. The van der Waals surface area contributed by atoms with Gasteiger partial charge in [-0.3, -0.25) is 4.98 Å². The molecule has 0 aliphatic heterocycles. The molecule has 0 unspecified atom stereocenters. The van der Waals surface area contributed by atoms with Crippen molar-refractivity contribution < 1.29 is 5.11 Å². The van der Waals surface area contributed by atoms with Crippen molar-refractivity contribution in [2.75, 3.05) is 0 Å². The van der Waals surface area contributed by atoms with Crippen LogP contribution in [0.5, 0.6) is 0 Å². The largest absolute Gasteiger partial charge is 0.390 e. The van der Waals surface area contributed by atoms with Crippen LogP contribution in [0.2, 0.25) is 0 Å². The van der Waals surface area contributed by atoms with E-state index in [1.807, 2.05) is 26.0 Å². The van der Waals surface area contributed by atoms with E-state index in [1.165, 1.54) is 5.56 Å². The number of pyridine rings is 1. The molecule has 0 amide bonds. The summed E-state index contributed by atoms with van der Waals surface area (Å²) in [4.78, 5) is 3.96. The first kappa shape index (κ1) is 11.1. The van der Waals surface area contributed by atoms with Gasteiger partial charge in [-0.25, -0.2) is 0 Å². The number of hydrogen-bond donors (Lipinski definition) is 1. The van der Waals surface area contributed by atoms with E-state index in [1.54, 1.807) is 6.20 Å². The van der Waals surface area contributed by atoms with Crippen LogP contribution in [-0.2, 0) is 13.0 Å². The lowest BCUT2D eigenvalue weighted by Crippen LogP contribution is -1.89. The van der Waals surface area contributed by atoms with Crippen LogP contribution in [0.25, 0.3) is 0 Å². The first-order valence-electron chi connectivity index (χ1n) is 4.41. The van der Waals surface area contributed by atoms with Crippen LogP contribution in [0.4, 0.5) is 0 Å². The average molecular weight is 167 g/mol. The van der Waals surface area contributed by atoms with Crippen LogP contribution in [-0.4, -0.2) is 10.1 Å². The Hall–Kier alpha value is -0.890. The van der Waals surface area contributed by atoms with Gasteiger partial charge in [0.1, 0.15) is 0 Å². The zero-order valence-electron chi connectivity index (χ0n) is 8.04. The van der Waals surface area contributed by atoms with Gasteiger partial charge >= 0.3 is 0 Å². The highest BCUT2D eigenvalue weighted by Crippen LogP contribution is 2.01. The summed E-state index contributed by atoms with van der Waals surface area (Å²) in [7, 11) is 0. The van der Waals surface area contributed by atoms with E-state index in [9.17, 15) is 0 Å². The van der Waals surface area contributed by atoms with E-state index in [4.69, 9.17) is 5.11 Å². The Morgan fingerprint density at radius 1 is 1.42 bits per heavy atom. The minimum atomic E-state index is 0.0356. The zero-order valence-corrected chi connectivity index (χ0v) is 8.04. The fourth-order valence-electron chi connectivity index (χ4n) is 0.835. The summed E-state index contributed by atoms with van der Waals surface area (Å²) < 4.78 is 0. The van der Waals surface area contributed by atoms with E-state index in [-0.39, 0.29) is 6.61 Å². The maximum atomic E-state index is 8.70. The van der Waals surface area contributed by atoms with Gasteiger partial charge < -0.3 is 5.11 Å². The molecule has 1 heterocycles. The topological polar surface area (TPSA) is 33.1 Å². The molecule has 0 saturated carbocycles. The standard InChI is InChI=1S/C8H11NO.C2H6/c1-2-7-3-4-9-8(5-7)6-10;1-2/h3-5,10H,2,6H2,1H3;1-2H3. The Kier molecular flexibility index (Phi) is 6.29.